The van der Waals surface area contributed by atoms with Crippen molar-refractivity contribution >= 4 is 0 Å². The largest absolute Gasteiger partial charge is 0.315 e. The smallest absolute Gasteiger partial charge is 0.0534 e. The minimum absolute atomic E-state index is 0.454. The van der Waals surface area contributed by atoms with Crippen molar-refractivity contribution in [2.45, 2.75) is 38.9 Å². The molecule has 1 N–H and O–H groups in total. The second kappa shape index (κ2) is 6.24. The molecule has 5 nitrogen and oxygen atoms in total. The van der Waals surface area contributed by atoms with Gasteiger partial charge in [0.1, 0.15) is 0 Å². The van der Waals surface area contributed by atoms with Gasteiger partial charge in [0.2, 0.25) is 0 Å². The molecule has 112 valence electrons. The van der Waals surface area contributed by atoms with Crippen LogP contribution in [0, 0.1) is 0 Å². The summed E-state index contributed by atoms with van der Waals surface area (Å²) in [5.74, 6) is 0. The van der Waals surface area contributed by atoms with E-state index in [1.807, 2.05) is 6.20 Å². The number of rotatable bonds is 4. The zero-order chi connectivity index (χ0) is 13.9. The van der Waals surface area contributed by atoms with Crippen LogP contribution in [0.25, 0.3) is 0 Å². The van der Waals surface area contributed by atoms with Crippen molar-refractivity contribution in [3.8, 4) is 0 Å². The van der Waals surface area contributed by atoms with Crippen molar-refractivity contribution in [2.75, 3.05) is 39.3 Å². The molecule has 2 aliphatic rings. The molecule has 5 heteroatoms. The van der Waals surface area contributed by atoms with E-state index in [4.69, 9.17) is 0 Å². The maximum atomic E-state index is 4.43. The van der Waals surface area contributed by atoms with Gasteiger partial charge in [0.15, 0.2) is 0 Å². The third-order valence-corrected chi connectivity index (χ3v) is 4.55. The Balaban J connectivity index is 1.48. The highest BCUT2D eigenvalue weighted by Gasteiger charge is 2.25. The Kier molecular flexibility index (Phi) is 4.38. The Morgan fingerprint density at radius 2 is 2.10 bits per heavy atom. The third kappa shape index (κ3) is 3.22. The molecule has 0 amide bonds. The van der Waals surface area contributed by atoms with Crippen molar-refractivity contribution < 1.29 is 0 Å². The molecule has 20 heavy (non-hydrogen) atoms. The number of aromatic nitrogens is 2. The van der Waals surface area contributed by atoms with Crippen LogP contribution >= 0.6 is 0 Å². The van der Waals surface area contributed by atoms with Gasteiger partial charge in [-0.05, 0) is 26.8 Å². The molecular formula is C15H27N5. The molecule has 0 spiro atoms. The fourth-order valence-electron chi connectivity index (χ4n) is 3.24. The lowest BCUT2D eigenvalue weighted by Gasteiger charge is -2.37. The van der Waals surface area contributed by atoms with Crippen LogP contribution in [0.15, 0.2) is 12.4 Å². The first-order chi connectivity index (χ1) is 9.72. The van der Waals surface area contributed by atoms with E-state index < -0.39 is 0 Å². The zero-order valence-electron chi connectivity index (χ0n) is 12.8. The average Bonchev–Trinajstić information content (AvgIpc) is 3.10. The van der Waals surface area contributed by atoms with E-state index in [-0.39, 0.29) is 0 Å². The SMILES string of the molecule is CC(C)n1cc(CN2CCN(C3CCNC3)CC2)cn1. The summed E-state index contributed by atoms with van der Waals surface area (Å²) < 4.78 is 2.05. The van der Waals surface area contributed by atoms with Crippen LogP contribution in [-0.4, -0.2) is 64.9 Å². The molecule has 0 aliphatic carbocycles. The first-order valence-electron chi connectivity index (χ1n) is 7.92. The van der Waals surface area contributed by atoms with Gasteiger partial charge >= 0.3 is 0 Å². The van der Waals surface area contributed by atoms with Gasteiger partial charge in [-0.15, -0.1) is 0 Å². The quantitative estimate of drug-likeness (QED) is 0.889. The van der Waals surface area contributed by atoms with Crippen LogP contribution in [0.3, 0.4) is 0 Å². The second-order valence-corrected chi connectivity index (χ2v) is 6.38. The summed E-state index contributed by atoms with van der Waals surface area (Å²) in [6.45, 7) is 12.6. The Hall–Kier alpha value is -0.910. The van der Waals surface area contributed by atoms with Crippen LogP contribution in [-0.2, 0) is 6.54 Å². The molecule has 0 bridgehead atoms. The predicted octanol–water partition coefficient (Wildman–Crippen LogP) is 0.944. The highest BCUT2D eigenvalue weighted by molar-refractivity contribution is 5.04. The number of piperazine rings is 1. The molecule has 3 rings (SSSR count). The van der Waals surface area contributed by atoms with Crippen LogP contribution in [0.1, 0.15) is 31.9 Å². The van der Waals surface area contributed by atoms with E-state index >= 15 is 0 Å². The molecule has 1 atom stereocenters. The third-order valence-electron chi connectivity index (χ3n) is 4.55. The molecule has 1 unspecified atom stereocenters. The monoisotopic (exact) mass is 277 g/mol. The van der Waals surface area contributed by atoms with Crippen molar-refractivity contribution in [3.05, 3.63) is 18.0 Å². The zero-order valence-corrected chi connectivity index (χ0v) is 12.8. The summed E-state index contributed by atoms with van der Waals surface area (Å²) in [7, 11) is 0. The van der Waals surface area contributed by atoms with Crippen LogP contribution in [0.2, 0.25) is 0 Å². The molecule has 2 aliphatic heterocycles. The first kappa shape index (κ1) is 14.0. The van der Waals surface area contributed by atoms with Crippen molar-refractivity contribution in [1.82, 2.24) is 24.9 Å². The Morgan fingerprint density at radius 3 is 2.70 bits per heavy atom. The summed E-state index contributed by atoms with van der Waals surface area (Å²) in [4.78, 5) is 5.22. The maximum absolute atomic E-state index is 4.43. The molecule has 1 aromatic rings. The van der Waals surface area contributed by atoms with Crippen molar-refractivity contribution in [1.29, 1.82) is 0 Å². The van der Waals surface area contributed by atoms with Crippen molar-refractivity contribution in [3.63, 3.8) is 0 Å². The molecule has 0 aromatic carbocycles. The van der Waals surface area contributed by atoms with E-state index in [1.54, 1.807) is 0 Å². The highest BCUT2D eigenvalue weighted by atomic mass is 15.3. The lowest BCUT2D eigenvalue weighted by molar-refractivity contribution is 0.0981. The van der Waals surface area contributed by atoms with Gasteiger partial charge in [0.05, 0.1) is 6.20 Å². The summed E-state index contributed by atoms with van der Waals surface area (Å²) in [5, 5.41) is 7.90. The van der Waals surface area contributed by atoms with Gasteiger partial charge in [0, 0.05) is 63.1 Å². The highest BCUT2D eigenvalue weighted by Crippen LogP contribution is 2.14. The molecule has 1 aromatic heterocycles. The van der Waals surface area contributed by atoms with E-state index in [9.17, 15) is 0 Å². The molecule has 0 radical (unpaired) electrons. The summed E-state index contributed by atoms with van der Waals surface area (Å²) >= 11 is 0. The Morgan fingerprint density at radius 1 is 1.30 bits per heavy atom. The van der Waals surface area contributed by atoms with E-state index in [0.29, 0.717) is 6.04 Å². The topological polar surface area (TPSA) is 36.3 Å². The van der Waals surface area contributed by atoms with Gasteiger partial charge in [-0.3, -0.25) is 14.5 Å². The number of nitrogens with zero attached hydrogens (tertiary/aromatic N) is 4. The lowest BCUT2D eigenvalue weighted by Crippen LogP contribution is -2.50. The van der Waals surface area contributed by atoms with Crippen LogP contribution < -0.4 is 5.32 Å². The van der Waals surface area contributed by atoms with Gasteiger partial charge in [0.25, 0.3) is 0 Å². The van der Waals surface area contributed by atoms with E-state index in [2.05, 4.69) is 44.9 Å². The summed E-state index contributed by atoms with van der Waals surface area (Å²) in [6.07, 6.45) is 5.53. The van der Waals surface area contributed by atoms with Gasteiger partial charge in [-0.25, -0.2) is 0 Å². The average molecular weight is 277 g/mol. The number of nitrogens with one attached hydrogen (secondary N) is 1. The van der Waals surface area contributed by atoms with Gasteiger partial charge in [-0.2, -0.15) is 5.10 Å². The fourth-order valence-corrected chi connectivity index (χ4v) is 3.24. The molecule has 0 saturated carbocycles. The lowest BCUT2D eigenvalue weighted by atomic mass is 10.2. The Bertz CT molecular complexity index is 414. The standard InChI is InChI=1S/C15H27N5/c1-13(2)20-12-14(9-17-20)11-18-5-7-19(8-6-18)15-3-4-16-10-15/h9,12-13,15-16H,3-8,10-11H2,1-2H3. The number of hydrogen-bond donors (Lipinski definition) is 1. The molecule has 2 saturated heterocycles. The molecule has 3 heterocycles. The summed E-state index contributed by atoms with van der Waals surface area (Å²) in [5.41, 5.74) is 1.34. The van der Waals surface area contributed by atoms with E-state index in [0.717, 1.165) is 12.6 Å². The number of hydrogen-bond acceptors (Lipinski definition) is 4. The minimum atomic E-state index is 0.454. The molecular weight excluding hydrogens is 250 g/mol. The van der Waals surface area contributed by atoms with Gasteiger partial charge in [-0.1, -0.05) is 0 Å². The maximum Gasteiger partial charge on any atom is 0.0534 e. The summed E-state index contributed by atoms with van der Waals surface area (Å²) in [6, 6.07) is 1.23. The van der Waals surface area contributed by atoms with E-state index in [1.165, 1.54) is 51.3 Å². The Labute approximate surface area is 121 Å². The fraction of sp³-hybridized carbons (Fsp3) is 0.800. The van der Waals surface area contributed by atoms with Crippen molar-refractivity contribution in [2.24, 2.45) is 0 Å². The molecule has 2 fully saturated rings. The van der Waals surface area contributed by atoms with Crippen LogP contribution in [0.4, 0.5) is 0 Å². The minimum Gasteiger partial charge on any atom is -0.315 e. The predicted molar refractivity (Wildman–Crippen MR) is 80.7 cm³/mol. The second-order valence-electron chi connectivity index (χ2n) is 6.38. The van der Waals surface area contributed by atoms with Crippen LogP contribution in [0.5, 0.6) is 0 Å². The normalized spacial score (nSPS) is 25.6. The first-order valence-corrected chi connectivity index (χ1v) is 7.92. The van der Waals surface area contributed by atoms with Gasteiger partial charge < -0.3 is 5.32 Å².